The number of rotatable bonds is 6. The predicted molar refractivity (Wildman–Crippen MR) is 93.0 cm³/mol. The molecule has 0 aliphatic carbocycles. The molecule has 0 fully saturated rings. The first-order valence-electron chi connectivity index (χ1n) is 7.80. The fraction of sp³-hybridized carbons (Fsp3) is 0.368. The monoisotopic (exact) mass is 301 g/mol. The van der Waals surface area contributed by atoms with Crippen LogP contribution in [0.2, 0.25) is 5.02 Å². The van der Waals surface area contributed by atoms with Crippen molar-refractivity contribution in [3.63, 3.8) is 0 Å². The Hall–Kier alpha value is -1.31. The Bertz CT molecular complexity index is 605. The third-order valence-electron chi connectivity index (χ3n) is 3.87. The maximum Gasteiger partial charge on any atom is 0.0487 e. The van der Waals surface area contributed by atoms with Crippen LogP contribution in [0.25, 0.3) is 11.1 Å². The second-order valence-electron chi connectivity index (χ2n) is 5.29. The summed E-state index contributed by atoms with van der Waals surface area (Å²) in [4.78, 5) is 0. The van der Waals surface area contributed by atoms with Crippen LogP contribution < -0.4 is 5.32 Å². The number of benzene rings is 2. The Morgan fingerprint density at radius 1 is 0.857 bits per heavy atom. The molecular formula is C19H24ClN. The normalized spacial score (nSPS) is 10.9. The first kappa shape index (κ1) is 16.1. The van der Waals surface area contributed by atoms with Gasteiger partial charge in [0.25, 0.3) is 0 Å². The second kappa shape index (κ2) is 7.63. The van der Waals surface area contributed by atoms with Crippen LogP contribution in [0.5, 0.6) is 0 Å². The molecule has 0 radical (unpaired) electrons. The summed E-state index contributed by atoms with van der Waals surface area (Å²) in [5, 5.41) is 4.17. The molecule has 2 heteroatoms. The highest BCUT2D eigenvalue weighted by atomic mass is 35.5. The van der Waals surface area contributed by atoms with E-state index in [2.05, 4.69) is 62.5 Å². The summed E-state index contributed by atoms with van der Waals surface area (Å²) in [5.41, 5.74) is 6.36. The molecule has 0 amide bonds. The van der Waals surface area contributed by atoms with Gasteiger partial charge in [-0.1, -0.05) is 62.7 Å². The number of hydrogen-bond acceptors (Lipinski definition) is 1. The molecule has 112 valence electrons. The molecule has 0 saturated heterocycles. The third-order valence-corrected chi connectivity index (χ3v) is 4.18. The fourth-order valence-electron chi connectivity index (χ4n) is 2.56. The van der Waals surface area contributed by atoms with Crippen LogP contribution in [0.3, 0.4) is 0 Å². The lowest BCUT2D eigenvalue weighted by Crippen LogP contribution is -2.11. The standard InChI is InChI=1S/C19H24ClN/c1-4-14-7-9-16(5-2)18(11-14)17-10-8-15(12-19(17)20)13-21-6-3/h7-12,21H,4-6,13H2,1-3H3. The highest BCUT2D eigenvalue weighted by Gasteiger charge is 2.09. The minimum Gasteiger partial charge on any atom is -0.313 e. The molecule has 0 saturated carbocycles. The molecule has 0 heterocycles. The highest BCUT2D eigenvalue weighted by Crippen LogP contribution is 2.32. The molecule has 0 bridgehead atoms. The van der Waals surface area contributed by atoms with Crippen LogP contribution in [-0.2, 0) is 19.4 Å². The Balaban J connectivity index is 2.41. The zero-order valence-electron chi connectivity index (χ0n) is 13.2. The Kier molecular flexibility index (Phi) is 5.84. The van der Waals surface area contributed by atoms with Crippen LogP contribution in [0.4, 0.5) is 0 Å². The molecule has 0 unspecified atom stereocenters. The Morgan fingerprint density at radius 3 is 2.24 bits per heavy atom. The lowest BCUT2D eigenvalue weighted by Gasteiger charge is -2.13. The minimum absolute atomic E-state index is 0.841. The van der Waals surface area contributed by atoms with Crippen molar-refractivity contribution in [1.29, 1.82) is 0 Å². The van der Waals surface area contributed by atoms with E-state index in [1.807, 2.05) is 0 Å². The van der Waals surface area contributed by atoms with Gasteiger partial charge in [0.15, 0.2) is 0 Å². The summed E-state index contributed by atoms with van der Waals surface area (Å²) in [7, 11) is 0. The minimum atomic E-state index is 0.841. The van der Waals surface area contributed by atoms with Crippen LogP contribution in [0, 0.1) is 0 Å². The van der Waals surface area contributed by atoms with Gasteiger partial charge < -0.3 is 5.32 Å². The Morgan fingerprint density at radius 2 is 1.62 bits per heavy atom. The van der Waals surface area contributed by atoms with Crippen LogP contribution in [0.15, 0.2) is 36.4 Å². The van der Waals surface area contributed by atoms with Crippen LogP contribution >= 0.6 is 11.6 Å². The van der Waals surface area contributed by atoms with Crippen molar-refractivity contribution >= 4 is 11.6 Å². The van der Waals surface area contributed by atoms with Gasteiger partial charge in [0, 0.05) is 17.1 Å². The van der Waals surface area contributed by atoms with Crippen molar-refractivity contribution in [1.82, 2.24) is 5.32 Å². The Labute approximate surface area is 133 Å². The predicted octanol–water partition coefficient (Wildman–Crippen LogP) is 5.24. The average molecular weight is 302 g/mol. The molecule has 0 aliphatic heterocycles. The first-order valence-corrected chi connectivity index (χ1v) is 8.18. The molecular weight excluding hydrogens is 278 g/mol. The van der Waals surface area contributed by atoms with Gasteiger partial charge in [-0.3, -0.25) is 0 Å². The van der Waals surface area contributed by atoms with Gasteiger partial charge >= 0.3 is 0 Å². The van der Waals surface area contributed by atoms with E-state index in [0.717, 1.165) is 36.5 Å². The lowest BCUT2D eigenvalue weighted by atomic mass is 9.94. The summed E-state index contributed by atoms with van der Waals surface area (Å²) in [5.74, 6) is 0. The van der Waals surface area contributed by atoms with Crippen molar-refractivity contribution in [3.05, 3.63) is 58.1 Å². The zero-order chi connectivity index (χ0) is 15.2. The van der Waals surface area contributed by atoms with Crippen molar-refractivity contribution < 1.29 is 0 Å². The quantitative estimate of drug-likeness (QED) is 0.769. The van der Waals surface area contributed by atoms with E-state index in [4.69, 9.17) is 11.6 Å². The molecule has 2 aromatic rings. The maximum atomic E-state index is 6.54. The number of hydrogen-bond donors (Lipinski definition) is 1. The molecule has 1 N–H and O–H groups in total. The highest BCUT2D eigenvalue weighted by molar-refractivity contribution is 6.33. The largest absolute Gasteiger partial charge is 0.313 e. The van der Waals surface area contributed by atoms with E-state index in [1.165, 1.54) is 22.3 Å². The smallest absolute Gasteiger partial charge is 0.0487 e. The summed E-state index contributed by atoms with van der Waals surface area (Å²) >= 11 is 6.54. The van der Waals surface area contributed by atoms with Crippen molar-refractivity contribution in [2.24, 2.45) is 0 Å². The van der Waals surface area contributed by atoms with Gasteiger partial charge in [0.1, 0.15) is 0 Å². The van der Waals surface area contributed by atoms with Crippen molar-refractivity contribution in [3.8, 4) is 11.1 Å². The molecule has 2 rings (SSSR count). The maximum absolute atomic E-state index is 6.54. The van der Waals surface area contributed by atoms with Crippen LogP contribution in [0.1, 0.15) is 37.5 Å². The summed E-state index contributed by atoms with van der Waals surface area (Å²) in [6, 6.07) is 13.1. The van der Waals surface area contributed by atoms with Gasteiger partial charge in [-0.2, -0.15) is 0 Å². The van der Waals surface area contributed by atoms with Gasteiger partial charge in [0.05, 0.1) is 0 Å². The van der Waals surface area contributed by atoms with E-state index < -0.39 is 0 Å². The van der Waals surface area contributed by atoms with E-state index in [-0.39, 0.29) is 0 Å². The molecule has 0 spiro atoms. The van der Waals surface area contributed by atoms with Gasteiger partial charge in [-0.25, -0.2) is 0 Å². The summed E-state index contributed by atoms with van der Waals surface area (Å²) in [6.45, 7) is 8.33. The fourth-order valence-corrected chi connectivity index (χ4v) is 2.86. The van der Waals surface area contributed by atoms with Crippen LogP contribution in [-0.4, -0.2) is 6.54 Å². The molecule has 0 atom stereocenters. The molecule has 0 aromatic heterocycles. The second-order valence-corrected chi connectivity index (χ2v) is 5.70. The third kappa shape index (κ3) is 3.87. The van der Waals surface area contributed by atoms with E-state index in [1.54, 1.807) is 0 Å². The van der Waals surface area contributed by atoms with E-state index in [9.17, 15) is 0 Å². The molecule has 1 nitrogen and oxygen atoms in total. The SMILES string of the molecule is CCNCc1ccc(-c2cc(CC)ccc2CC)c(Cl)c1. The first-order chi connectivity index (χ1) is 10.2. The average Bonchev–Trinajstić information content (AvgIpc) is 2.52. The molecule has 2 aromatic carbocycles. The molecule has 21 heavy (non-hydrogen) atoms. The summed E-state index contributed by atoms with van der Waals surface area (Å²) < 4.78 is 0. The zero-order valence-corrected chi connectivity index (χ0v) is 13.9. The summed E-state index contributed by atoms with van der Waals surface area (Å²) in [6.07, 6.45) is 2.07. The van der Waals surface area contributed by atoms with Gasteiger partial charge in [-0.05, 0) is 47.7 Å². The van der Waals surface area contributed by atoms with E-state index >= 15 is 0 Å². The van der Waals surface area contributed by atoms with Gasteiger partial charge in [0.2, 0.25) is 0 Å². The van der Waals surface area contributed by atoms with Gasteiger partial charge in [-0.15, -0.1) is 0 Å². The molecule has 0 aliphatic rings. The topological polar surface area (TPSA) is 12.0 Å². The lowest BCUT2D eigenvalue weighted by molar-refractivity contribution is 0.727. The van der Waals surface area contributed by atoms with E-state index in [0.29, 0.717) is 0 Å². The van der Waals surface area contributed by atoms with Crippen molar-refractivity contribution in [2.75, 3.05) is 6.54 Å². The number of aryl methyl sites for hydroxylation is 2. The number of halogens is 1. The van der Waals surface area contributed by atoms with Crippen molar-refractivity contribution in [2.45, 2.75) is 40.2 Å². The number of nitrogens with one attached hydrogen (secondary N) is 1.